The first-order chi connectivity index (χ1) is 12.8. The number of anilines is 1. The van der Waals surface area contributed by atoms with Crippen LogP contribution in [0.3, 0.4) is 0 Å². The third kappa shape index (κ3) is 3.78. The number of halogens is 2. The molecule has 0 saturated carbocycles. The fourth-order valence-corrected chi connectivity index (χ4v) is 5.41. The van der Waals surface area contributed by atoms with Gasteiger partial charge in [-0.1, -0.05) is 23.2 Å². The van der Waals surface area contributed by atoms with Gasteiger partial charge in [0.2, 0.25) is 10.0 Å². The number of ketones is 1. The number of sulfonamides is 1. The molecule has 6 nitrogen and oxygen atoms in total. The van der Waals surface area contributed by atoms with Crippen LogP contribution in [0.15, 0.2) is 41.3 Å². The topological polar surface area (TPSA) is 89.7 Å². The normalized spacial score (nSPS) is 17.8. The minimum absolute atomic E-state index is 0.0540. The van der Waals surface area contributed by atoms with E-state index < -0.39 is 16.1 Å². The van der Waals surface area contributed by atoms with Crippen LogP contribution in [0.1, 0.15) is 23.2 Å². The van der Waals surface area contributed by atoms with Crippen molar-refractivity contribution in [2.24, 2.45) is 0 Å². The number of nitrogen functional groups attached to an aromatic ring is 1. The van der Waals surface area contributed by atoms with Gasteiger partial charge in [-0.05, 0) is 49.2 Å². The Hall–Kier alpha value is -1.80. The number of rotatable bonds is 5. The average Bonchev–Trinajstić information content (AvgIpc) is 3.15. The van der Waals surface area contributed by atoms with Crippen molar-refractivity contribution in [1.82, 2.24) is 4.31 Å². The molecule has 1 aliphatic heterocycles. The molecule has 2 aromatic carbocycles. The molecule has 0 aliphatic carbocycles. The highest BCUT2D eigenvalue weighted by Gasteiger charge is 2.40. The Morgan fingerprint density at radius 2 is 1.78 bits per heavy atom. The number of nitrogens with two attached hydrogens (primary N) is 1. The van der Waals surface area contributed by atoms with Crippen LogP contribution in [0.5, 0.6) is 5.75 Å². The maximum Gasteiger partial charge on any atom is 0.243 e. The smallest absolute Gasteiger partial charge is 0.243 e. The van der Waals surface area contributed by atoms with E-state index in [4.69, 9.17) is 33.7 Å². The van der Waals surface area contributed by atoms with Crippen molar-refractivity contribution in [3.05, 3.63) is 52.0 Å². The summed E-state index contributed by atoms with van der Waals surface area (Å²) in [6.45, 7) is 0.245. The second-order valence-corrected chi connectivity index (χ2v) is 8.87. The highest BCUT2D eigenvalue weighted by atomic mass is 35.5. The molecule has 0 unspecified atom stereocenters. The van der Waals surface area contributed by atoms with Gasteiger partial charge in [-0.15, -0.1) is 0 Å². The van der Waals surface area contributed by atoms with Gasteiger partial charge in [0.1, 0.15) is 5.75 Å². The van der Waals surface area contributed by atoms with Crippen LogP contribution in [0.4, 0.5) is 5.69 Å². The second-order valence-electron chi connectivity index (χ2n) is 6.17. The van der Waals surface area contributed by atoms with Gasteiger partial charge in [-0.3, -0.25) is 4.79 Å². The van der Waals surface area contributed by atoms with E-state index in [0.29, 0.717) is 24.2 Å². The Morgan fingerprint density at radius 1 is 1.19 bits per heavy atom. The number of carbonyl (C=O) groups excluding carboxylic acids is 1. The van der Waals surface area contributed by atoms with Crippen LogP contribution in [0, 0.1) is 0 Å². The molecule has 0 bridgehead atoms. The summed E-state index contributed by atoms with van der Waals surface area (Å²) in [6.07, 6.45) is 1.03. The number of hydrogen-bond acceptors (Lipinski definition) is 5. The molecule has 27 heavy (non-hydrogen) atoms. The average molecular weight is 429 g/mol. The fourth-order valence-electron chi connectivity index (χ4n) is 3.08. The summed E-state index contributed by atoms with van der Waals surface area (Å²) in [4.78, 5) is 12.8. The van der Waals surface area contributed by atoms with Gasteiger partial charge in [0.25, 0.3) is 0 Å². The van der Waals surface area contributed by atoms with E-state index in [-0.39, 0.29) is 33.0 Å². The van der Waals surface area contributed by atoms with Crippen molar-refractivity contribution in [1.29, 1.82) is 0 Å². The summed E-state index contributed by atoms with van der Waals surface area (Å²) < 4.78 is 32.5. The van der Waals surface area contributed by atoms with Gasteiger partial charge in [0.05, 0.1) is 33.8 Å². The second kappa shape index (κ2) is 7.67. The molecule has 2 aromatic rings. The Kier molecular flexibility index (Phi) is 5.67. The number of carbonyl (C=O) groups is 1. The van der Waals surface area contributed by atoms with E-state index in [1.807, 2.05) is 0 Å². The molecule has 3 rings (SSSR count). The SMILES string of the molecule is COc1ccc(C(=O)[C@H]2CCCN2S(=O)(=O)c2cc(Cl)c(N)c(Cl)c2)cc1. The van der Waals surface area contributed by atoms with Crippen molar-refractivity contribution in [2.75, 3.05) is 19.4 Å². The van der Waals surface area contributed by atoms with Crippen LogP contribution in [-0.2, 0) is 10.0 Å². The Bertz CT molecular complexity index is 954. The Balaban J connectivity index is 1.94. The standard InChI is InChI=1S/C18H18Cl2N2O4S/c1-26-12-6-4-11(5-7-12)18(23)16-3-2-8-22(16)27(24,25)13-9-14(19)17(21)15(20)10-13/h4-7,9-10,16H,2-3,8,21H2,1H3/t16-/m1/s1. The van der Waals surface area contributed by atoms with Crippen LogP contribution in [0.2, 0.25) is 10.0 Å². The quantitative estimate of drug-likeness (QED) is 0.579. The third-order valence-corrected chi connectivity index (χ3v) is 7.05. The van der Waals surface area contributed by atoms with Gasteiger partial charge >= 0.3 is 0 Å². The number of ether oxygens (including phenoxy) is 1. The first-order valence-electron chi connectivity index (χ1n) is 8.20. The highest BCUT2D eigenvalue weighted by Crippen LogP contribution is 2.34. The molecule has 1 saturated heterocycles. The van der Waals surface area contributed by atoms with Crippen LogP contribution in [-0.4, -0.2) is 38.2 Å². The number of Topliss-reactive ketones (excluding diaryl/α,β-unsaturated/α-hetero) is 1. The summed E-state index contributed by atoms with van der Waals surface area (Å²) in [5.74, 6) is 0.361. The largest absolute Gasteiger partial charge is 0.497 e. The predicted molar refractivity (Wildman–Crippen MR) is 105 cm³/mol. The molecule has 0 aromatic heterocycles. The molecular formula is C18H18Cl2N2O4S. The zero-order valence-corrected chi connectivity index (χ0v) is 16.8. The third-order valence-electron chi connectivity index (χ3n) is 4.54. The van der Waals surface area contributed by atoms with Gasteiger partial charge in [0, 0.05) is 12.1 Å². The molecule has 9 heteroatoms. The van der Waals surface area contributed by atoms with Gasteiger partial charge in [-0.2, -0.15) is 4.31 Å². The molecule has 0 radical (unpaired) electrons. The molecule has 1 fully saturated rings. The fraction of sp³-hybridized carbons (Fsp3) is 0.278. The van der Waals surface area contributed by atoms with Crippen LogP contribution >= 0.6 is 23.2 Å². The summed E-state index contributed by atoms with van der Waals surface area (Å²) in [7, 11) is -2.42. The lowest BCUT2D eigenvalue weighted by Crippen LogP contribution is -2.40. The maximum atomic E-state index is 13.1. The molecule has 2 N–H and O–H groups in total. The zero-order chi connectivity index (χ0) is 19.8. The minimum Gasteiger partial charge on any atom is -0.497 e. The molecule has 0 amide bonds. The zero-order valence-electron chi connectivity index (χ0n) is 14.5. The minimum atomic E-state index is -3.95. The van der Waals surface area contributed by atoms with E-state index in [9.17, 15) is 13.2 Å². The highest BCUT2D eigenvalue weighted by molar-refractivity contribution is 7.89. The lowest BCUT2D eigenvalue weighted by atomic mass is 10.0. The lowest BCUT2D eigenvalue weighted by molar-refractivity contribution is 0.0918. The summed E-state index contributed by atoms with van der Waals surface area (Å²) in [5, 5.41) is 0.108. The maximum absolute atomic E-state index is 13.1. The monoisotopic (exact) mass is 428 g/mol. The van der Waals surface area contributed by atoms with Gasteiger partial charge in [0.15, 0.2) is 5.78 Å². The van der Waals surface area contributed by atoms with E-state index >= 15 is 0 Å². The number of hydrogen-bond donors (Lipinski definition) is 1. The molecule has 1 atom stereocenters. The molecule has 1 aliphatic rings. The van der Waals surface area contributed by atoms with Crippen molar-refractivity contribution < 1.29 is 17.9 Å². The first kappa shape index (κ1) is 19.9. The Labute approximate surface area is 167 Å². The van der Waals surface area contributed by atoms with Crippen molar-refractivity contribution in [2.45, 2.75) is 23.8 Å². The predicted octanol–water partition coefficient (Wildman–Crippen LogP) is 3.62. The Morgan fingerprint density at radius 3 is 2.33 bits per heavy atom. The summed E-state index contributed by atoms with van der Waals surface area (Å²) in [6, 6.07) is 8.32. The van der Waals surface area contributed by atoms with E-state index in [1.54, 1.807) is 24.3 Å². The summed E-state index contributed by atoms with van der Waals surface area (Å²) in [5.41, 5.74) is 6.23. The van der Waals surface area contributed by atoms with Crippen LogP contribution < -0.4 is 10.5 Å². The molecular weight excluding hydrogens is 411 g/mol. The summed E-state index contributed by atoms with van der Waals surface area (Å²) >= 11 is 12.0. The van der Waals surface area contributed by atoms with E-state index in [1.165, 1.54) is 23.5 Å². The van der Waals surface area contributed by atoms with Crippen LogP contribution in [0.25, 0.3) is 0 Å². The number of nitrogens with zero attached hydrogens (tertiary/aromatic N) is 1. The van der Waals surface area contributed by atoms with E-state index in [0.717, 1.165) is 0 Å². The van der Waals surface area contributed by atoms with Gasteiger partial charge in [-0.25, -0.2) is 8.42 Å². The lowest BCUT2D eigenvalue weighted by Gasteiger charge is -2.23. The molecule has 1 heterocycles. The first-order valence-corrected chi connectivity index (χ1v) is 10.4. The number of methoxy groups -OCH3 is 1. The van der Waals surface area contributed by atoms with Crippen molar-refractivity contribution in [3.8, 4) is 5.75 Å². The number of benzene rings is 2. The molecule has 144 valence electrons. The van der Waals surface area contributed by atoms with E-state index in [2.05, 4.69) is 0 Å². The van der Waals surface area contributed by atoms with Gasteiger partial charge < -0.3 is 10.5 Å². The van der Waals surface area contributed by atoms with Crippen molar-refractivity contribution >= 4 is 44.7 Å². The molecule has 0 spiro atoms. The van der Waals surface area contributed by atoms with Crippen molar-refractivity contribution in [3.63, 3.8) is 0 Å².